The third kappa shape index (κ3) is 2.95. The van der Waals surface area contributed by atoms with Gasteiger partial charge < -0.3 is 10.4 Å². The molecule has 2 N–H and O–H groups in total. The zero-order chi connectivity index (χ0) is 14.0. The fourth-order valence-corrected chi connectivity index (χ4v) is 1.56. The summed E-state index contributed by atoms with van der Waals surface area (Å²) in [5.41, 5.74) is -0.752. The fourth-order valence-electron chi connectivity index (χ4n) is 1.56. The second-order valence-electron chi connectivity index (χ2n) is 4.08. The van der Waals surface area contributed by atoms with E-state index in [4.69, 9.17) is 0 Å². The highest BCUT2D eigenvalue weighted by Crippen LogP contribution is 2.29. The van der Waals surface area contributed by atoms with Gasteiger partial charge in [0.05, 0.1) is 6.10 Å². The summed E-state index contributed by atoms with van der Waals surface area (Å²) in [6.45, 7) is 2.02. The largest absolute Gasteiger partial charge is 0.435 e. The Hall–Kier alpha value is -1.83. The van der Waals surface area contributed by atoms with Crippen LogP contribution in [-0.4, -0.2) is 32.4 Å². The molecule has 0 amide bonds. The highest BCUT2D eigenvalue weighted by atomic mass is 19.4. The lowest BCUT2D eigenvalue weighted by Gasteiger charge is -2.10. The lowest BCUT2D eigenvalue weighted by Crippen LogP contribution is -2.19. The number of halogens is 3. The molecule has 19 heavy (non-hydrogen) atoms. The standard InChI is InChI=1S/C11H13F3N4O/c1-2-7(19)6-16-10-8-5-9(11(12,13)14)17-18(8)4-3-15-10/h3-5,7,19H,2,6H2,1H3,(H,15,16). The molecule has 2 heterocycles. The number of alkyl halides is 3. The van der Waals surface area contributed by atoms with Crippen LogP contribution >= 0.6 is 0 Å². The van der Waals surface area contributed by atoms with Crippen molar-refractivity contribution >= 4 is 11.3 Å². The highest BCUT2D eigenvalue weighted by molar-refractivity contribution is 5.67. The first-order valence-electron chi connectivity index (χ1n) is 5.75. The first-order valence-corrected chi connectivity index (χ1v) is 5.75. The molecule has 2 aromatic rings. The molecule has 0 bridgehead atoms. The number of nitrogens with one attached hydrogen (secondary N) is 1. The molecule has 0 aliphatic heterocycles. The Morgan fingerprint density at radius 1 is 1.47 bits per heavy atom. The number of aliphatic hydroxyl groups excluding tert-OH is 1. The van der Waals surface area contributed by atoms with E-state index in [2.05, 4.69) is 15.4 Å². The van der Waals surface area contributed by atoms with E-state index < -0.39 is 18.0 Å². The van der Waals surface area contributed by atoms with Crippen LogP contribution in [0, 0.1) is 0 Å². The molecule has 5 nitrogen and oxygen atoms in total. The predicted octanol–water partition coefficient (Wildman–Crippen LogP) is 1.93. The Bertz CT molecular complexity index is 567. The summed E-state index contributed by atoms with van der Waals surface area (Å²) in [7, 11) is 0. The Morgan fingerprint density at radius 2 is 2.21 bits per heavy atom. The Morgan fingerprint density at radius 3 is 2.84 bits per heavy atom. The summed E-state index contributed by atoms with van der Waals surface area (Å²) in [6, 6.07) is 0.924. The number of aromatic nitrogens is 3. The monoisotopic (exact) mass is 274 g/mol. The Labute approximate surface area is 107 Å². The van der Waals surface area contributed by atoms with Gasteiger partial charge in [-0.05, 0) is 6.42 Å². The number of anilines is 1. The molecule has 0 spiro atoms. The molecular weight excluding hydrogens is 261 g/mol. The maximum Gasteiger partial charge on any atom is 0.435 e. The van der Waals surface area contributed by atoms with Crippen LogP contribution in [0.15, 0.2) is 18.5 Å². The minimum Gasteiger partial charge on any atom is -0.391 e. The Kier molecular flexibility index (Phi) is 3.61. The molecule has 0 aliphatic rings. The van der Waals surface area contributed by atoms with Gasteiger partial charge in [0, 0.05) is 25.0 Å². The molecule has 8 heteroatoms. The smallest absolute Gasteiger partial charge is 0.391 e. The number of hydrogen-bond acceptors (Lipinski definition) is 4. The molecule has 2 aromatic heterocycles. The number of aliphatic hydroxyl groups is 1. The van der Waals surface area contributed by atoms with E-state index in [0.717, 1.165) is 10.6 Å². The van der Waals surface area contributed by atoms with E-state index in [9.17, 15) is 18.3 Å². The van der Waals surface area contributed by atoms with Gasteiger partial charge in [-0.25, -0.2) is 9.50 Å². The molecule has 0 radical (unpaired) electrons. The van der Waals surface area contributed by atoms with Crippen LogP contribution in [-0.2, 0) is 6.18 Å². The van der Waals surface area contributed by atoms with Crippen molar-refractivity contribution in [2.45, 2.75) is 25.6 Å². The minimum absolute atomic E-state index is 0.218. The third-order valence-corrected chi connectivity index (χ3v) is 2.66. The van der Waals surface area contributed by atoms with Crippen LogP contribution in [0.1, 0.15) is 19.0 Å². The second-order valence-corrected chi connectivity index (χ2v) is 4.08. The van der Waals surface area contributed by atoms with E-state index in [0.29, 0.717) is 6.42 Å². The molecule has 0 fully saturated rings. The van der Waals surface area contributed by atoms with Crippen molar-refractivity contribution in [3.05, 3.63) is 24.2 Å². The topological polar surface area (TPSA) is 62.5 Å². The van der Waals surface area contributed by atoms with Crippen LogP contribution in [0.4, 0.5) is 19.0 Å². The zero-order valence-electron chi connectivity index (χ0n) is 10.1. The van der Waals surface area contributed by atoms with Crippen molar-refractivity contribution in [2.75, 3.05) is 11.9 Å². The highest BCUT2D eigenvalue weighted by Gasteiger charge is 2.34. The Balaban J connectivity index is 2.32. The molecule has 1 unspecified atom stereocenters. The van der Waals surface area contributed by atoms with E-state index >= 15 is 0 Å². The van der Waals surface area contributed by atoms with E-state index in [1.165, 1.54) is 12.4 Å². The van der Waals surface area contributed by atoms with E-state index in [1.807, 2.05) is 0 Å². The summed E-state index contributed by atoms with van der Waals surface area (Å²) in [5, 5.41) is 15.7. The van der Waals surface area contributed by atoms with Crippen molar-refractivity contribution in [1.82, 2.24) is 14.6 Å². The number of rotatable bonds is 4. The fraction of sp³-hybridized carbons (Fsp3) is 0.455. The van der Waals surface area contributed by atoms with Gasteiger partial charge in [0.1, 0.15) is 5.52 Å². The van der Waals surface area contributed by atoms with Crippen molar-refractivity contribution < 1.29 is 18.3 Å². The van der Waals surface area contributed by atoms with E-state index in [-0.39, 0.29) is 17.9 Å². The van der Waals surface area contributed by atoms with Gasteiger partial charge in [-0.1, -0.05) is 6.92 Å². The summed E-state index contributed by atoms with van der Waals surface area (Å²) in [4.78, 5) is 3.96. The molecule has 104 valence electrons. The minimum atomic E-state index is -4.49. The van der Waals surface area contributed by atoms with Gasteiger partial charge in [-0.15, -0.1) is 0 Å². The molecular formula is C11H13F3N4O. The quantitative estimate of drug-likeness (QED) is 0.894. The van der Waals surface area contributed by atoms with Crippen molar-refractivity contribution in [3.63, 3.8) is 0 Å². The first-order chi connectivity index (χ1) is 8.91. The van der Waals surface area contributed by atoms with Gasteiger partial charge in [0.2, 0.25) is 0 Å². The van der Waals surface area contributed by atoms with Crippen LogP contribution in [0.3, 0.4) is 0 Å². The first kappa shape index (κ1) is 13.6. The van der Waals surface area contributed by atoms with Crippen molar-refractivity contribution in [2.24, 2.45) is 0 Å². The lowest BCUT2D eigenvalue weighted by molar-refractivity contribution is -0.141. The van der Waals surface area contributed by atoms with Crippen LogP contribution in [0.25, 0.3) is 5.52 Å². The molecule has 2 rings (SSSR count). The zero-order valence-corrected chi connectivity index (χ0v) is 10.1. The van der Waals surface area contributed by atoms with Gasteiger partial charge in [-0.3, -0.25) is 0 Å². The number of nitrogens with zero attached hydrogens (tertiary/aromatic N) is 3. The van der Waals surface area contributed by atoms with Crippen molar-refractivity contribution in [1.29, 1.82) is 0 Å². The van der Waals surface area contributed by atoms with Gasteiger partial charge in [-0.2, -0.15) is 18.3 Å². The average Bonchev–Trinajstić information content (AvgIpc) is 2.80. The summed E-state index contributed by atoms with van der Waals surface area (Å²) >= 11 is 0. The SMILES string of the molecule is CCC(O)CNc1nccn2nc(C(F)(F)F)cc12. The molecule has 1 atom stereocenters. The normalized spacial score (nSPS) is 13.7. The lowest BCUT2D eigenvalue weighted by atomic mass is 10.3. The maximum atomic E-state index is 12.6. The molecule has 0 aliphatic carbocycles. The van der Waals surface area contributed by atoms with Gasteiger partial charge >= 0.3 is 6.18 Å². The van der Waals surface area contributed by atoms with E-state index in [1.54, 1.807) is 6.92 Å². The number of hydrogen-bond donors (Lipinski definition) is 2. The molecule has 0 aromatic carbocycles. The van der Waals surface area contributed by atoms with Crippen LogP contribution < -0.4 is 5.32 Å². The molecule has 0 saturated heterocycles. The summed E-state index contributed by atoms with van der Waals surface area (Å²) in [5.74, 6) is 0.262. The molecule has 0 saturated carbocycles. The maximum absolute atomic E-state index is 12.6. The van der Waals surface area contributed by atoms with Crippen LogP contribution in [0.2, 0.25) is 0 Å². The van der Waals surface area contributed by atoms with Crippen molar-refractivity contribution in [3.8, 4) is 0 Å². The third-order valence-electron chi connectivity index (χ3n) is 2.66. The summed E-state index contributed by atoms with van der Waals surface area (Å²) < 4.78 is 38.8. The second kappa shape index (κ2) is 5.04. The van der Waals surface area contributed by atoms with Crippen LogP contribution in [0.5, 0.6) is 0 Å². The number of fused-ring (bicyclic) bond motifs is 1. The van der Waals surface area contributed by atoms with Gasteiger partial charge in [0.15, 0.2) is 11.5 Å². The average molecular weight is 274 g/mol. The van der Waals surface area contributed by atoms with Gasteiger partial charge in [0.25, 0.3) is 0 Å². The predicted molar refractivity (Wildman–Crippen MR) is 62.8 cm³/mol. The summed E-state index contributed by atoms with van der Waals surface area (Å²) in [6.07, 6.45) is -1.84.